The summed E-state index contributed by atoms with van der Waals surface area (Å²) in [4.78, 5) is 29.9. The standard InChI is InChI=1S/C13H21N5O2/c1-10(2)18-8-5-15-12(13(18)20)16-9-11(19)17-6-3-14-4-7-17/h5,8,10,14H,3-4,6-7,9H2,1-2H3,(H,15,16). The van der Waals surface area contributed by atoms with Gasteiger partial charge >= 0.3 is 0 Å². The van der Waals surface area contributed by atoms with Gasteiger partial charge in [0.05, 0.1) is 6.54 Å². The zero-order chi connectivity index (χ0) is 14.5. The van der Waals surface area contributed by atoms with Gasteiger partial charge in [0, 0.05) is 44.6 Å². The Morgan fingerprint density at radius 3 is 2.80 bits per heavy atom. The van der Waals surface area contributed by atoms with Gasteiger partial charge in [-0.25, -0.2) is 4.98 Å². The quantitative estimate of drug-likeness (QED) is 0.789. The van der Waals surface area contributed by atoms with Crippen molar-refractivity contribution in [2.75, 3.05) is 38.0 Å². The van der Waals surface area contributed by atoms with E-state index in [1.807, 2.05) is 13.8 Å². The molecule has 1 aromatic heterocycles. The van der Waals surface area contributed by atoms with E-state index < -0.39 is 0 Å². The third-order valence-electron chi connectivity index (χ3n) is 3.30. The first-order chi connectivity index (χ1) is 9.59. The molecule has 1 amide bonds. The SMILES string of the molecule is CC(C)n1ccnc(NCC(=O)N2CCNCC2)c1=O. The molecule has 0 aliphatic carbocycles. The van der Waals surface area contributed by atoms with Crippen molar-refractivity contribution in [1.82, 2.24) is 19.8 Å². The molecule has 20 heavy (non-hydrogen) atoms. The van der Waals surface area contributed by atoms with Crippen LogP contribution in [0.4, 0.5) is 5.82 Å². The minimum atomic E-state index is -0.199. The summed E-state index contributed by atoms with van der Waals surface area (Å²) in [5, 5.41) is 6.04. The molecule has 0 bridgehead atoms. The lowest BCUT2D eigenvalue weighted by atomic mass is 10.3. The Morgan fingerprint density at radius 1 is 1.45 bits per heavy atom. The number of amides is 1. The number of hydrogen-bond donors (Lipinski definition) is 2. The lowest BCUT2D eigenvalue weighted by Crippen LogP contribution is -2.48. The fourth-order valence-corrected chi connectivity index (χ4v) is 2.14. The van der Waals surface area contributed by atoms with E-state index in [1.165, 1.54) is 0 Å². The van der Waals surface area contributed by atoms with Gasteiger partial charge in [0.25, 0.3) is 5.56 Å². The highest BCUT2D eigenvalue weighted by Gasteiger charge is 2.16. The van der Waals surface area contributed by atoms with Crippen LogP contribution >= 0.6 is 0 Å². The first-order valence-electron chi connectivity index (χ1n) is 6.89. The first-order valence-corrected chi connectivity index (χ1v) is 6.89. The molecule has 110 valence electrons. The Hall–Kier alpha value is -1.89. The van der Waals surface area contributed by atoms with Gasteiger partial charge in [-0.15, -0.1) is 0 Å². The minimum Gasteiger partial charge on any atom is -0.356 e. The van der Waals surface area contributed by atoms with Gasteiger partial charge in [-0.3, -0.25) is 9.59 Å². The summed E-state index contributed by atoms with van der Waals surface area (Å²) in [7, 11) is 0. The molecule has 1 fully saturated rings. The Balaban J connectivity index is 1.98. The van der Waals surface area contributed by atoms with Crippen LogP contribution in [-0.2, 0) is 4.79 Å². The predicted molar refractivity (Wildman–Crippen MR) is 76.8 cm³/mol. The largest absolute Gasteiger partial charge is 0.356 e. The van der Waals surface area contributed by atoms with Crippen LogP contribution in [0.1, 0.15) is 19.9 Å². The van der Waals surface area contributed by atoms with Crippen molar-refractivity contribution in [3.05, 3.63) is 22.7 Å². The van der Waals surface area contributed by atoms with Crippen LogP contribution in [0.2, 0.25) is 0 Å². The normalized spacial score (nSPS) is 15.4. The number of piperazine rings is 1. The van der Waals surface area contributed by atoms with Crippen LogP contribution in [0.3, 0.4) is 0 Å². The van der Waals surface area contributed by atoms with E-state index in [1.54, 1.807) is 21.9 Å². The molecule has 1 aromatic rings. The molecule has 1 aliphatic heterocycles. The second kappa shape index (κ2) is 6.51. The second-order valence-corrected chi connectivity index (χ2v) is 5.07. The van der Waals surface area contributed by atoms with Crippen molar-refractivity contribution in [2.24, 2.45) is 0 Å². The Labute approximate surface area is 118 Å². The Morgan fingerprint density at radius 2 is 2.15 bits per heavy atom. The molecular formula is C13H21N5O2. The van der Waals surface area contributed by atoms with Gasteiger partial charge in [0.15, 0.2) is 5.82 Å². The Kier molecular flexibility index (Phi) is 4.73. The highest BCUT2D eigenvalue weighted by molar-refractivity contribution is 5.80. The van der Waals surface area contributed by atoms with E-state index in [0.717, 1.165) is 13.1 Å². The van der Waals surface area contributed by atoms with Gasteiger partial charge in [-0.1, -0.05) is 0 Å². The molecular weight excluding hydrogens is 258 g/mol. The maximum absolute atomic E-state index is 12.1. The third kappa shape index (κ3) is 3.36. The van der Waals surface area contributed by atoms with Crippen LogP contribution in [0.15, 0.2) is 17.2 Å². The molecule has 7 heteroatoms. The van der Waals surface area contributed by atoms with Gasteiger partial charge in [-0.05, 0) is 13.8 Å². The molecule has 0 unspecified atom stereocenters. The maximum Gasteiger partial charge on any atom is 0.293 e. The van der Waals surface area contributed by atoms with Crippen molar-refractivity contribution in [2.45, 2.75) is 19.9 Å². The molecule has 7 nitrogen and oxygen atoms in total. The summed E-state index contributed by atoms with van der Waals surface area (Å²) in [5.74, 6) is 0.220. The number of nitrogens with zero attached hydrogens (tertiary/aromatic N) is 3. The number of carbonyl (C=O) groups excluding carboxylic acids is 1. The van der Waals surface area contributed by atoms with Gasteiger partial charge in [0.1, 0.15) is 0 Å². The highest BCUT2D eigenvalue weighted by atomic mass is 16.2. The van der Waals surface area contributed by atoms with E-state index in [9.17, 15) is 9.59 Å². The van der Waals surface area contributed by atoms with Gasteiger partial charge < -0.3 is 20.1 Å². The minimum absolute atomic E-state index is 0.00681. The van der Waals surface area contributed by atoms with Crippen LogP contribution < -0.4 is 16.2 Å². The van der Waals surface area contributed by atoms with Crippen molar-refractivity contribution in [3.63, 3.8) is 0 Å². The summed E-state index contributed by atoms with van der Waals surface area (Å²) in [6.45, 7) is 7.00. The molecule has 2 heterocycles. The summed E-state index contributed by atoms with van der Waals surface area (Å²) < 4.78 is 1.59. The Bertz CT molecular complexity index is 520. The number of aromatic nitrogens is 2. The molecule has 0 radical (unpaired) electrons. The summed E-state index contributed by atoms with van der Waals surface area (Å²) in [5.41, 5.74) is -0.199. The number of hydrogen-bond acceptors (Lipinski definition) is 5. The lowest BCUT2D eigenvalue weighted by Gasteiger charge is -2.27. The fourth-order valence-electron chi connectivity index (χ4n) is 2.14. The second-order valence-electron chi connectivity index (χ2n) is 5.07. The van der Waals surface area contributed by atoms with E-state index >= 15 is 0 Å². The zero-order valence-electron chi connectivity index (χ0n) is 11.9. The van der Waals surface area contributed by atoms with Crippen molar-refractivity contribution < 1.29 is 4.79 Å². The smallest absolute Gasteiger partial charge is 0.293 e. The highest BCUT2D eigenvalue weighted by Crippen LogP contribution is 2.01. The zero-order valence-corrected chi connectivity index (χ0v) is 11.9. The molecule has 0 spiro atoms. The van der Waals surface area contributed by atoms with Crippen LogP contribution in [-0.4, -0.2) is 53.1 Å². The fraction of sp³-hybridized carbons (Fsp3) is 0.615. The molecule has 0 saturated carbocycles. The van der Waals surface area contributed by atoms with E-state index in [-0.39, 0.29) is 29.9 Å². The predicted octanol–water partition coefficient (Wildman–Crippen LogP) is -0.332. The van der Waals surface area contributed by atoms with Gasteiger partial charge in [-0.2, -0.15) is 0 Å². The topological polar surface area (TPSA) is 79.3 Å². The number of carbonyl (C=O) groups is 1. The number of nitrogens with one attached hydrogen (secondary N) is 2. The first kappa shape index (κ1) is 14.5. The molecule has 0 atom stereocenters. The van der Waals surface area contributed by atoms with Gasteiger partial charge in [0.2, 0.25) is 5.91 Å². The van der Waals surface area contributed by atoms with Crippen molar-refractivity contribution in [1.29, 1.82) is 0 Å². The average Bonchev–Trinajstić information content (AvgIpc) is 2.46. The van der Waals surface area contributed by atoms with Crippen LogP contribution in [0.25, 0.3) is 0 Å². The lowest BCUT2D eigenvalue weighted by molar-refractivity contribution is -0.129. The maximum atomic E-state index is 12.1. The molecule has 1 saturated heterocycles. The molecule has 1 aliphatic rings. The van der Waals surface area contributed by atoms with E-state index in [4.69, 9.17) is 0 Å². The third-order valence-corrected chi connectivity index (χ3v) is 3.30. The van der Waals surface area contributed by atoms with Crippen molar-refractivity contribution in [3.8, 4) is 0 Å². The van der Waals surface area contributed by atoms with E-state index in [0.29, 0.717) is 13.1 Å². The van der Waals surface area contributed by atoms with E-state index in [2.05, 4.69) is 15.6 Å². The van der Waals surface area contributed by atoms with Crippen LogP contribution in [0.5, 0.6) is 0 Å². The molecule has 2 N–H and O–H groups in total. The summed E-state index contributed by atoms with van der Waals surface area (Å²) in [6.07, 6.45) is 3.22. The summed E-state index contributed by atoms with van der Waals surface area (Å²) >= 11 is 0. The molecule has 0 aromatic carbocycles. The average molecular weight is 279 g/mol. The van der Waals surface area contributed by atoms with Crippen LogP contribution in [0, 0.1) is 0 Å². The summed E-state index contributed by atoms with van der Waals surface area (Å²) in [6, 6.07) is 0.0647. The number of anilines is 1. The van der Waals surface area contributed by atoms with Crippen molar-refractivity contribution >= 4 is 11.7 Å². The number of rotatable bonds is 4. The molecule has 2 rings (SSSR count). The monoisotopic (exact) mass is 279 g/mol.